The lowest BCUT2D eigenvalue weighted by Crippen LogP contribution is -2.05. The Labute approximate surface area is 128 Å². The molecule has 2 heterocycles. The number of imidazole rings is 1. The minimum absolute atomic E-state index is 0.325. The number of hydrogen-bond donors (Lipinski definition) is 0. The quantitative estimate of drug-likeness (QED) is 0.663. The highest BCUT2D eigenvalue weighted by molar-refractivity contribution is 9.10. The van der Waals surface area contributed by atoms with Crippen LogP contribution in [0.1, 0.15) is 5.82 Å². The second-order valence-corrected chi connectivity index (χ2v) is 5.54. The molecule has 102 valence electrons. The van der Waals surface area contributed by atoms with Crippen LogP contribution in [0.5, 0.6) is 0 Å². The number of hydrogen-bond acceptors (Lipinski definition) is 2. The molecule has 0 saturated heterocycles. The van der Waals surface area contributed by atoms with E-state index in [0.29, 0.717) is 29.5 Å². The summed E-state index contributed by atoms with van der Waals surface area (Å²) in [5.41, 5.74) is 1.78. The van der Waals surface area contributed by atoms with Crippen LogP contribution in [-0.2, 0) is 6.42 Å². The molecular weight excluding hydrogens is 345 g/mol. The topological polar surface area (TPSA) is 30.7 Å². The van der Waals surface area contributed by atoms with Crippen molar-refractivity contribution in [2.75, 3.05) is 5.88 Å². The fourth-order valence-electron chi connectivity index (χ4n) is 2.12. The van der Waals surface area contributed by atoms with E-state index in [1.807, 2.05) is 6.07 Å². The third kappa shape index (κ3) is 2.31. The average molecular weight is 355 g/mol. The van der Waals surface area contributed by atoms with E-state index < -0.39 is 0 Å². The van der Waals surface area contributed by atoms with Gasteiger partial charge in [-0.2, -0.15) is 0 Å². The van der Waals surface area contributed by atoms with Gasteiger partial charge < -0.3 is 0 Å². The molecule has 2 aromatic heterocycles. The predicted octanol–water partition coefficient (Wildman–Crippen LogP) is 4.10. The van der Waals surface area contributed by atoms with Gasteiger partial charge in [-0.05, 0) is 30.3 Å². The first kappa shape index (κ1) is 13.5. The molecule has 6 heteroatoms. The standard InChI is InChI=1S/C14H10BrClFN3/c15-9-3-4-10(17)12(8-9)20-13(5-6-16)19-11-2-1-7-18-14(11)20/h1-4,7-8H,5-6H2. The Bertz CT molecular complexity index is 772. The van der Waals surface area contributed by atoms with E-state index in [-0.39, 0.29) is 5.82 Å². The first-order valence-electron chi connectivity index (χ1n) is 6.04. The molecule has 0 unspecified atom stereocenters. The van der Waals surface area contributed by atoms with Gasteiger partial charge in [0.05, 0.1) is 5.69 Å². The molecule has 1 aromatic carbocycles. The molecule has 0 amide bonds. The Morgan fingerprint density at radius 3 is 2.95 bits per heavy atom. The number of halogens is 3. The molecule has 0 saturated carbocycles. The third-order valence-electron chi connectivity index (χ3n) is 2.95. The summed E-state index contributed by atoms with van der Waals surface area (Å²) < 4.78 is 16.7. The Balaban J connectivity index is 2.33. The van der Waals surface area contributed by atoms with E-state index in [0.717, 1.165) is 9.99 Å². The summed E-state index contributed by atoms with van der Waals surface area (Å²) in [6.07, 6.45) is 2.21. The molecule has 0 bridgehead atoms. The second-order valence-electron chi connectivity index (χ2n) is 4.24. The van der Waals surface area contributed by atoms with Crippen molar-refractivity contribution in [3.63, 3.8) is 0 Å². The minimum Gasteiger partial charge on any atom is -0.278 e. The monoisotopic (exact) mass is 353 g/mol. The predicted molar refractivity (Wildman–Crippen MR) is 80.9 cm³/mol. The average Bonchev–Trinajstić information content (AvgIpc) is 2.80. The van der Waals surface area contributed by atoms with Crippen LogP contribution in [0, 0.1) is 5.82 Å². The number of benzene rings is 1. The van der Waals surface area contributed by atoms with Crippen molar-refractivity contribution in [2.45, 2.75) is 6.42 Å². The zero-order chi connectivity index (χ0) is 14.1. The summed E-state index contributed by atoms with van der Waals surface area (Å²) in [7, 11) is 0. The highest BCUT2D eigenvalue weighted by Gasteiger charge is 2.16. The van der Waals surface area contributed by atoms with Crippen molar-refractivity contribution >= 4 is 38.7 Å². The molecule has 0 fully saturated rings. The zero-order valence-corrected chi connectivity index (χ0v) is 12.7. The third-order valence-corrected chi connectivity index (χ3v) is 3.63. The zero-order valence-electron chi connectivity index (χ0n) is 10.4. The molecule has 20 heavy (non-hydrogen) atoms. The Hall–Kier alpha value is -1.46. The molecule has 0 spiro atoms. The van der Waals surface area contributed by atoms with Gasteiger partial charge in [0.25, 0.3) is 0 Å². The van der Waals surface area contributed by atoms with Gasteiger partial charge in [0.2, 0.25) is 0 Å². The summed E-state index contributed by atoms with van der Waals surface area (Å²) >= 11 is 9.18. The SMILES string of the molecule is Fc1ccc(Br)cc1-n1c(CCCl)nc2cccnc21. The molecule has 0 radical (unpaired) electrons. The lowest BCUT2D eigenvalue weighted by molar-refractivity contribution is 0.616. The molecular formula is C14H10BrClFN3. The minimum atomic E-state index is -0.325. The van der Waals surface area contributed by atoms with Crippen molar-refractivity contribution in [2.24, 2.45) is 0 Å². The largest absolute Gasteiger partial charge is 0.278 e. The molecule has 0 N–H and O–H groups in total. The number of aromatic nitrogens is 3. The summed E-state index contributed by atoms with van der Waals surface area (Å²) in [6.45, 7) is 0. The summed E-state index contributed by atoms with van der Waals surface area (Å²) in [5.74, 6) is 0.790. The normalized spacial score (nSPS) is 11.2. The van der Waals surface area contributed by atoms with Gasteiger partial charge in [-0.3, -0.25) is 4.57 Å². The van der Waals surface area contributed by atoms with Crippen molar-refractivity contribution < 1.29 is 4.39 Å². The van der Waals surface area contributed by atoms with Crippen LogP contribution in [0.4, 0.5) is 4.39 Å². The maximum Gasteiger partial charge on any atom is 0.164 e. The van der Waals surface area contributed by atoms with Gasteiger partial charge in [0, 0.05) is 23.0 Å². The Kier molecular flexibility index (Phi) is 3.72. The number of alkyl halides is 1. The van der Waals surface area contributed by atoms with Crippen LogP contribution in [0.15, 0.2) is 41.0 Å². The second kappa shape index (κ2) is 5.50. The molecule has 0 aliphatic rings. The molecule has 0 aliphatic carbocycles. The van der Waals surface area contributed by atoms with Crippen LogP contribution in [0.2, 0.25) is 0 Å². The van der Waals surface area contributed by atoms with Crippen LogP contribution in [-0.4, -0.2) is 20.4 Å². The van der Waals surface area contributed by atoms with Crippen molar-refractivity contribution in [3.05, 3.63) is 52.6 Å². The van der Waals surface area contributed by atoms with Crippen molar-refractivity contribution in [3.8, 4) is 5.69 Å². The Morgan fingerprint density at radius 2 is 2.15 bits per heavy atom. The fourth-order valence-corrected chi connectivity index (χ4v) is 2.64. The van der Waals surface area contributed by atoms with E-state index in [2.05, 4.69) is 25.9 Å². The molecule has 3 aromatic rings. The van der Waals surface area contributed by atoms with Crippen LogP contribution < -0.4 is 0 Å². The van der Waals surface area contributed by atoms with Crippen LogP contribution in [0.25, 0.3) is 16.9 Å². The van der Waals surface area contributed by atoms with Crippen LogP contribution >= 0.6 is 27.5 Å². The summed E-state index contributed by atoms with van der Waals surface area (Å²) in [5, 5.41) is 0. The molecule has 0 atom stereocenters. The summed E-state index contributed by atoms with van der Waals surface area (Å²) in [6, 6.07) is 8.45. The molecule has 3 rings (SSSR count). The fraction of sp³-hybridized carbons (Fsp3) is 0.143. The number of aryl methyl sites for hydroxylation is 1. The van der Waals surface area contributed by atoms with Gasteiger partial charge in [0.15, 0.2) is 5.65 Å². The first-order chi connectivity index (χ1) is 9.70. The summed E-state index contributed by atoms with van der Waals surface area (Å²) in [4.78, 5) is 8.79. The smallest absolute Gasteiger partial charge is 0.164 e. The molecule has 3 nitrogen and oxygen atoms in total. The van der Waals surface area contributed by atoms with Gasteiger partial charge in [-0.15, -0.1) is 11.6 Å². The van der Waals surface area contributed by atoms with E-state index in [4.69, 9.17) is 11.6 Å². The van der Waals surface area contributed by atoms with Crippen molar-refractivity contribution in [1.29, 1.82) is 0 Å². The van der Waals surface area contributed by atoms with Gasteiger partial charge >= 0.3 is 0 Å². The Morgan fingerprint density at radius 1 is 1.30 bits per heavy atom. The van der Waals surface area contributed by atoms with Gasteiger partial charge in [-0.1, -0.05) is 15.9 Å². The van der Waals surface area contributed by atoms with Gasteiger partial charge in [-0.25, -0.2) is 14.4 Å². The van der Waals surface area contributed by atoms with E-state index in [1.54, 1.807) is 29.0 Å². The number of pyridine rings is 1. The van der Waals surface area contributed by atoms with Crippen LogP contribution in [0.3, 0.4) is 0 Å². The lowest BCUT2D eigenvalue weighted by Gasteiger charge is -2.09. The lowest BCUT2D eigenvalue weighted by atomic mass is 10.3. The van der Waals surface area contributed by atoms with E-state index in [9.17, 15) is 4.39 Å². The van der Waals surface area contributed by atoms with E-state index in [1.165, 1.54) is 6.07 Å². The highest BCUT2D eigenvalue weighted by atomic mass is 79.9. The van der Waals surface area contributed by atoms with E-state index >= 15 is 0 Å². The number of fused-ring (bicyclic) bond motifs is 1. The first-order valence-corrected chi connectivity index (χ1v) is 7.37. The maximum absolute atomic E-state index is 14.2. The number of rotatable bonds is 3. The maximum atomic E-state index is 14.2. The van der Waals surface area contributed by atoms with Crippen molar-refractivity contribution in [1.82, 2.24) is 14.5 Å². The number of nitrogens with zero attached hydrogens (tertiary/aromatic N) is 3. The van der Waals surface area contributed by atoms with Gasteiger partial charge in [0.1, 0.15) is 17.2 Å². The molecule has 0 aliphatic heterocycles. The highest BCUT2D eigenvalue weighted by Crippen LogP contribution is 2.25.